The monoisotopic (exact) mass is 264 g/mol. The number of hydrogen-bond acceptors (Lipinski definition) is 3. The second-order valence-corrected chi connectivity index (χ2v) is 5.73. The van der Waals surface area contributed by atoms with Crippen LogP contribution in [0.2, 0.25) is 0 Å². The summed E-state index contributed by atoms with van der Waals surface area (Å²) in [5, 5.41) is 3.53. The van der Waals surface area contributed by atoms with E-state index in [4.69, 9.17) is 0 Å². The highest BCUT2D eigenvalue weighted by Crippen LogP contribution is 2.14. The van der Waals surface area contributed by atoms with Crippen LogP contribution in [-0.4, -0.2) is 40.1 Å². The van der Waals surface area contributed by atoms with Crippen molar-refractivity contribution in [3.63, 3.8) is 0 Å². The number of rotatable bonds is 6. The highest BCUT2D eigenvalue weighted by Gasteiger charge is 2.17. The average molecular weight is 264 g/mol. The van der Waals surface area contributed by atoms with Crippen molar-refractivity contribution in [3.05, 3.63) is 11.9 Å². The van der Waals surface area contributed by atoms with Gasteiger partial charge < -0.3 is 9.88 Å². The van der Waals surface area contributed by atoms with Gasteiger partial charge in [0.1, 0.15) is 0 Å². The van der Waals surface area contributed by atoms with Crippen LogP contribution in [0.25, 0.3) is 0 Å². The minimum Gasteiger partial charge on any atom is -0.354 e. The number of aryl methyl sites for hydroxylation is 2. The van der Waals surface area contributed by atoms with Crippen LogP contribution in [0.5, 0.6) is 0 Å². The summed E-state index contributed by atoms with van der Waals surface area (Å²) in [6.07, 6.45) is 7.39. The van der Waals surface area contributed by atoms with Crippen LogP contribution in [0.1, 0.15) is 45.2 Å². The summed E-state index contributed by atoms with van der Waals surface area (Å²) in [5.74, 6) is 1.03. The fourth-order valence-corrected chi connectivity index (χ4v) is 2.83. The van der Waals surface area contributed by atoms with Crippen LogP contribution in [0, 0.1) is 6.92 Å². The molecule has 2 heterocycles. The van der Waals surface area contributed by atoms with E-state index in [1.54, 1.807) is 0 Å². The van der Waals surface area contributed by atoms with Gasteiger partial charge in [-0.05, 0) is 46.2 Å². The zero-order valence-corrected chi connectivity index (χ0v) is 12.7. The van der Waals surface area contributed by atoms with Gasteiger partial charge in [-0.1, -0.05) is 13.3 Å². The molecule has 0 aliphatic carbocycles. The van der Waals surface area contributed by atoms with Crippen molar-refractivity contribution in [2.45, 2.75) is 59.0 Å². The fraction of sp³-hybridized carbons (Fsp3) is 0.800. The van der Waals surface area contributed by atoms with Gasteiger partial charge in [-0.15, -0.1) is 0 Å². The molecule has 0 saturated carbocycles. The molecule has 0 bridgehead atoms. The Balaban J connectivity index is 1.86. The first kappa shape index (κ1) is 14.4. The van der Waals surface area contributed by atoms with E-state index < -0.39 is 0 Å². The van der Waals surface area contributed by atoms with Gasteiger partial charge in [0.25, 0.3) is 0 Å². The maximum Gasteiger partial charge on any atom is 0.203 e. The van der Waals surface area contributed by atoms with Crippen LogP contribution >= 0.6 is 0 Å². The molecule has 1 aromatic heterocycles. The first-order valence-electron chi connectivity index (χ1n) is 7.72. The zero-order chi connectivity index (χ0) is 13.7. The van der Waals surface area contributed by atoms with E-state index >= 15 is 0 Å². The van der Waals surface area contributed by atoms with Crippen molar-refractivity contribution in [1.29, 1.82) is 0 Å². The molecular formula is C15H28N4. The molecule has 4 heteroatoms. The maximum atomic E-state index is 4.58. The summed E-state index contributed by atoms with van der Waals surface area (Å²) < 4.78 is 2.23. The van der Waals surface area contributed by atoms with Crippen LogP contribution in [-0.2, 0) is 6.54 Å². The molecule has 0 aromatic carbocycles. The van der Waals surface area contributed by atoms with Gasteiger partial charge in [0.2, 0.25) is 5.95 Å². The molecule has 4 nitrogen and oxygen atoms in total. The number of nitrogens with one attached hydrogen (secondary N) is 1. The lowest BCUT2D eigenvalue weighted by Gasteiger charge is -2.32. The third-order valence-corrected chi connectivity index (χ3v) is 3.93. The molecule has 1 aromatic rings. The van der Waals surface area contributed by atoms with Crippen LogP contribution < -0.4 is 5.32 Å². The standard InChI is InChI=1S/C15H28N4/c1-4-8-19-12-13(2)17-15(19)16-11-14(3)18-9-6-5-7-10-18/h12,14H,4-11H2,1-3H3,(H,16,17). The molecule has 1 saturated heterocycles. The Labute approximate surface area is 117 Å². The van der Waals surface area contributed by atoms with Gasteiger partial charge in [0.15, 0.2) is 0 Å². The van der Waals surface area contributed by atoms with Crippen LogP contribution in [0.15, 0.2) is 6.20 Å². The second-order valence-electron chi connectivity index (χ2n) is 5.73. The highest BCUT2D eigenvalue weighted by molar-refractivity contribution is 5.29. The molecule has 1 atom stereocenters. The Bertz CT molecular complexity index is 379. The van der Waals surface area contributed by atoms with Gasteiger partial charge in [0, 0.05) is 25.3 Å². The predicted octanol–water partition coefficient (Wildman–Crippen LogP) is 2.89. The van der Waals surface area contributed by atoms with Crippen molar-refractivity contribution in [2.75, 3.05) is 25.0 Å². The Morgan fingerprint density at radius 2 is 2.05 bits per heavy atom. The quantitative estimate of drug-likeness (QED) is 0.857. The van der Waals surface area contributed by atoms with Crippen molar-refractivity contribution < 1.29 is 0 Å². The van der Waals surface area contributed by atoms with E-state index in [9.17, 15) is 0 Å². The summed E-state index contributed by atoms with van der Waals surface area (Å²) >= 11 is 0. The average Bonchev–Trinajstić information content (AvgIpc) is 2.78. The van der Waals surface area contributed by atoms with Gasteiger partial charge >= 0.3 is 0 Å². The fourth-order valence-electron chi connectivity index (χ4n) is 2.83. The SMILES string of the molecule is CCCn1cc(C)nc1NCC(C)N1CCCCC1. The van der Waals surface area contributed by atoms with E-state index in [1.807, 2.05) is 0 Å². The molecule has 1 N–H and O–H groups in total. The smallest absolute Gasteiger partial charge is 0.203 e. The lowest BCUT2D eigenvalue weighted by atomic mass is 10.1. The van der Waals surface area contributed by atoms with Gasteiger partial charge in [-0.25, -0.2) is 4.98 Å². The number of piperidine rings is 1. The molecule has 2 rings (SSSR count). The molecule has 1 fully saturated rings. The molecular weight excluding hydrogens is 236 g/mol. The third kappa shape index (κ3) is 3.96. The molecule has 1 aliphatic heterocycles. The summed E-state index contributed by atoms with van der Waals surface area (Å²) in [7, 11) is 0. The van der Waals surface area contributed by atoms with Gasteiger partial charge in [-0.3, -0.25) is 4.90 Å². The summed E-state index contributed by atoms with van der Waals surface area (Å²) in [5.41, 5.74) is 1.10. The van der Waals surface area contributed by atoms with E-state index in [2.05, 4.69) is 46.7 Å². The number of hydrogen-bond donors (Lipinski definition) is 1. The number of nitrogens with zero attached hydrogens (tertiary/aromatic N) is 3. The minimum atomic E-state index is 0.590. The van der Waals surface area contributed by atoms with Gasteiger partial charge in [0.05, 0.1) is 5.69 Å². The number of likely N-dealkylation sites (tertiary alicyclic amines) is 1. The molecule has 1 aliphatic rings. The Morgan fingerprint density at radius 1 is 1.32 bits per heavy atom. The largest absolute Gasteiger partial charge is 0.354 e. The number of anilines is 1. The Hall–Kier alpha value is -1.03. The van der Waals surface area contributed by atoms with E-state index in [0.717, 1.165) is 31.2 Å². The van der Waals surface area contributed by atoms with Crippen molar-refractivity contribution >= 4 is 5.95 Å². The maximum absolute atomic E-state index is 4.58. The molecule has 108 valence electrons. The zero-order valence-electron chi connectivity index (χ0n) is 12.7. The lowest BCUT2D eigenvalue weighted by molar-refractivity contribution is 0.180. The Kier molecular flexibility index (Phi) is 5.25. The first-order valence-corrected chi connectivity index (χ1v) is 7.72. The normalized spacial score (nSPS) is 18.5. The summed E-state index contributed by atoms with van der Waals surface area (Å²) in [4.78, 5) is 7.17. The topological polar surface area (TPSA) is 33.1 Å². The predicted molar refractivity (Wildman–Crippen MR) is 80.6 cm³/mol. The molecule has 0 amide bonds. The summed E-state index contributed by atoms with van der Waals surface area (Å²) in [6, 6.07) is 0.590. The van der Waals surface area contributed by atoms with Crippen LogP contribution in [0.3, 0.4) is 0 Å². The lowest BCUT2D eigenvalue weighted by Crippen LogP contribution is -2.41. The molecule has 0 radical (unpaired) electrons. The van der Waals surface area contributed by atoms with Crippen molar-refractivity contribution in [3.8, 4) is 0 Å². The number of imidazole rings is 1. The van der Waals surface area contributed by atoms with Crippen molar-refractivity contribution in [2.24, 2.45) is 0 Å². The second kappa shape index (κ2) is 6.94. The number of aromatic nitrogens is 2. The molecule has 1 unspecified atom stereocenters. The summed E-state index contributed by atoms with van der Waals surface area (Å²) in [6.45, 7) is 11.1. The van der Waals surface area contributed by atoms with Crippen LogP contribution in [0.4, 0.5) is 5.95 Å². The van der Waals surface area contributed by atoms with Crippen molar-refractivity contribution in [1.82, 2.24) is 14.5 Å². The first-order chi connectivity index (χ1) is 9.20. The van der Waals surface area contributed by atoms with E-state index in [0.29, 0.717) is 6.04 Å². The third-order valence-electron chi connectivity index (χ3n) is 3.93. The minimum absolute atomic E-state index is 0.590. The molecule has 19 heavy (non-hydrogen) atoms. The highest BCUT2D eigenvalue weighted by atomic mass is 15.2. The molecule has 0 spiro atoms. The van der Waals surface area contributed by atoms with E-state index in [1.165, 1.54) is 32.4 Å². The Morgan fingerprint density at radius 3 is 2.74 bits per heavy atom. The van der Waals surface area contributed by atoms with Gasteiger partial charge in [-0.2, -0.15) is 0 Å². The van der Waals surface area contributed by atoms with E-state index in [-0.39, 0.29) is 0 Å².